The van der Waals surface area contributed by atoms with Crippen molar-refractivity contribution < 1.29 is 37.4 Å². The van der Waals surface area contributed by atoms with E-state index < -0.39 is 58.2 Å². The van der Waals surface area contributed by atoms with Crippen molar-refractivity contribution in [3.63, 3.8) is 0 Å². The predicted molar refractivity (Wildman–Crippen MR) is 123 cm³/mol. The van der Waals surface area contributed by atoms with Gasteiger partial charge in [-0.2, -0.15) is 9.78 Å². The largest absolute Gasteiger partial charge is 0.465 e. The van der Waals surface area contributed by atoms with Crippen LogP contribution in [0.25, 0.3) is 11.3 Å². The molecule has 0 bridgehead atoms. The van der Waals surface area contributed by atoms with Gasteiger partial charge >= 0.3 is 18.1 Å². The third-order valence-corrected chi connectivity index (χ3v) is 5.56. The molecule has 1 aromatic carbocycles. The lowest BCUT2D eigenvalue weighted by molar-refractivity contribution is -0.160. The van der Waals surface area contributed by atoms with Gasteiger partial charge in [-0.3, -0.25) is 0 Å². The average molecular weight is 511 g/mol. The summed E-state index contributed by atoms with van der Waals surface area (Å²) in [5.41, 5.74) is -1.77. The highest BCUT2D eigenvalue weighted by molar-refractivity contribution is 5.86. The van der Waals surface area contributed by atoms with Gasteiger partial charge < -0.3 is 20.1 Å². The van der Waals surface area contributed by atoms with Crippen LogP contribution in [0.3, 0.4) is 0 Å². The summed E-state index contributed by atoms with van der Waals surface area (Å²) in [7, 11) is 0. The van der Waals surface area contributed by atoms with Crippen molar-refractivity contribution in [2.45, 2.75) is 66.2 Å². The number of carbonyl (C=O) groups excluding carboxylic acids is 2. The van der Waals surface area contributed by atoms with Gasteiger partial charge in [0.1, 0.15) is 23.2 Å². The Morgan fingerprint density at radius 2 is 1.67 bits per heavy atom. The molecule has 1 aromatic heterocycles. The van der Waals surface area contributed by atoms with Gasteiger partial charge in [-0.1, -0.05) is 20.8 Å². The monoisotopic (exact) mass is 510 g/mol. The molecular formula is C24H29F3N4O5. The fourth-order valence-corrected chi connectivity index (χ4v) is 3.84. The number of benzene rings is 1. The lowest BCUT2D eigenvalue weighted by atomic mass is 9.86. The summed E-state index contributed by atoms with van der Waals surface area (Å²) in [6, 6.07) is -0.971. The van der Waals surface area contributed by atoms with Crippen molar-refractivity contribution in [3.8, 4) is 11.3 Å². The van der Waals surface area contributed by atoms with Crippen LogP contribution in [0.2, 0.25) is 0 Å². The number of halogens is 3. The molecule has 0 spiro atoms. The molecule has 0 saturated heterocycles. The van der Waals surface area contributed by atoms with Crippen molar-refractivity contribution in [1.29, 1.82) is 0 Å². The number of fused-ring (bicyclic) bond motifs is 1. The maximum absolute atomic E-state index is 14.6. The molecule has 1 aliphatic rings. The minimum Gasteiger partial charge on any atom is -0.465 e. The first-order chi connectivity index (χ1) is 16.5. The molecule has 2 amide bonds. The van der Waals surface area contributed by atoms with E-state index in [0.717, 1.165) is 9.58 Å². The van der Waals surface area contributed by atoms with Gasteiger partial charge in [-0.15, -0.1) is 0 Å². The summed E-state index contributed by atoms with van der Waals surface area (Å²) < 4.78 is 48.5. The number of carbonyl (C=O) groups is 3. The maximum atomic E-state index is 14.6. The van der Waals surface area contributed by atoms with Crippen molar-refractivity contribution in [2.24, 2.45) is 5.41 Å². The number of aromatic nitrogens is 2. The first kappa shape index (κ1) is 27.0. The zero-order valence-electron chi connectivity index (χ0n) is 20.9. The summed E-state index contributed by atoms with van der Waals surface area (Å²) in [5.74, 6) is -4.54. The van der Waals surface area contributed by atoms with Gasteiger partial charge in [0, 0.05) is 30.2 Å². The molecule has 0 aliphatic carbocycles. The average Bonchev–Trinajstić information content (AvgIpc) is 3.11. The zero-order chi connectivity index (χ0) is 27.2. The summed E-state index contributed by atoms with van der Waals surface area (Å²) in [4.78, 5) is 38.8. The molecule has 2 heterocycles. The minimum atomic E-state index is -1.40. The van der Waals surface area contributed by atoms with Gasteiger partial charge in [-0.25, -0.2) is 27.6 Å². The molecule has 36 heavy (non-hydrogen) atoms. The van der Waals surface area contributed by atoms with Crippen LogP contribution < -0.4 is 5.32 Å². The van der Waals surface area contributed by atoms with Gasteiger partial charge in [0.05, 0.1) is 12.2 Å². The third kappa shape index (κ3) is 5.63. The normalized spacial score (nSPS) is 14.8. The first-order valence-corrected chi connectivity index (χ1v) is 11.3. The number of nitrogens with zero attached hydrogens (tertiary/aromatic N) is 3. The summed E-state index contributed by atoms with van der Waals surface area (Å²) in [6.45, 7) is 10.0. The first-order valence-electron chi connectivity index (χ1n) is 11.3. The highest BCUT2D eigenvalue weighted by Gasteiger charge is 2.38. The quantitative estimate of drug-likeness (QED) is 0.470. The lowest BCUT2D eigenvalue weighted by Gasteiger charge is -2.32. The van der Waals surface area contributed by atoms with E-state index in [1.165, 1.54) is 0 Å². The van der Waals surface area contributed by atoms with Crippen LogP contribution in [0.1, 0.15) is 52.8 Å². The minimum absolute atomic E-state index is 0.0236. The zero-order valence-corrected chi connectivity index (χ0v) is 20.9. The van der Waals surface area contributed by atoms with E-state index in [9.17, 15) is 32.7 Å². The molecular weight excluding hydrogens is 481 g/mol. The Kier molecular flexibility index (Phi) is 7.11. The van der Waals surface area contributed by atoms with Crippen molar-refractivity contribution in [3.05, 3.63) is 40.8 Å². The lowest BCUT2D eigenvalue weighted by Crippen LogP contribution is -2.52. The molecule has 3 rings (SSSR count). The van der Waals surface area contributed by atoms with Crippen LogP contribution >= 0.6 is 0 Å². The number of esters is 1. The predicted octanol–water partition coefficient (Wildman–Crippen LogP) is 4.32. The van der Waals surface area contributed by atoms with Crippen LogP contribution in [0.5, 0.6) is 0 Å². The Bertz CT molecular complexity index is 1210. The van der Waals surface area contributed by atoms with Gasteiger partial charge in [-0.05, 0) is 32.3 Å². The number of rotatable bonds is 3. The number of hydrogen-bond donors (Lipinski definition) is 2. The fourth-order valence-electron chi connectivity index (χ4n) is 3.84. The maximum Gasteiger partial charge on any atom is 0.407 e. The van der Waals surface area contributed by atoms with Crippen LogP contribution in [0.4, 0.5) is 22.8 Å². The van der Waals surface area contributed by atoms with E-state index in [4.69, 9.17) is 4.74 Å². The molecule has 0 fully saturated rings. The second kappa shape index (κ2) is 9.47. The van der Waals surface area contributed by atoms with Crippen LogP contribution in [0.15, 0.2) is 12.1 Å². The second-order valence-electron chi connectivity index (χ2n) is 10.7. The van der Waals surface area contributed by atoms with E-state index in [2.05, 4.69) is 10.4 Å². The number of hydrogen-bond acceptors (Lipinski definition) is 5. The molecule has 9 nitrogen and oxygen atoms in total. The number of carboxylic acid groups (broad SMARTS) is 1. The standard InChI is InChI=1S/C24H29F3N4O5/c1-23(2,3)19(20(32)36-24(4,5)6)28-21(33)31-17-7-8-30(22(34)35)11-13(17)18(29-31)12-9-15(26)16(27)10-14(12)25/h9-10,19H,7-8,11H2,1-6H3,(H,28,33)(H,34,35). The molecule has 1 aliphatic heterocycles. The highest BCUT2D eigenvalue weighted by Crippen LogP contribution is 2.33. The molecule has 12 heteroatoms. The van der Waals surface area contributed by atoms with Gasteiger partial charge in [0.15, 0.2) is 11.6 Å². The SMILES string of the molecule is CC(C)(C)OC(=O)C(NC(=O)n1nc(-c2cc(F)c(F)cc2F)c2c1CCN(C(=O)O)C2)C(C)(C)C. The van der Waals surface area contributed by atoms with Crippen molar-refractivity contribution in [1.82, 2.24) is 20.0 Å². The Hall–Kier alpha value is -3.57. The second-order valence-corrected chi connectivity index (χ2v) is 10.7. The van der Waals surface area contributed by atoms with Gasteiger partial charge in [0.25, 0.3) is 0 Å². The third-order valence-electron chi connectivity index (χ3n) is 5.56. The topological polar surface area (TPSA) is 114 Å². The van der Waals surface area contributed by atoms with E-state index in [0.29, 0.717) is 12.1 Å². The Labute approximate surface area is 206 Å². The summed E-state index contributed by atoms with van der Waals surface area (Å²) >= 11 is 0. The molecule has 0 saturated carbocycles. The van der Waals surface area contributed by atoms with E-state index >= 15 is 0 Å². The Morgan fingerprint density at radius 1 is 1.06 bits per heavy atom. The van der Waals surface area contributed by atoms with Crippen molar-refractivity contribution in [2.75, 3.05) is 6.54 Å². The Morgan fingerprint density at radius 3 is 2.22 bits per heavy atom. The van der Waals surface area contributed by atoms with E-state index in [-0.39, 0.29) is 36.5 Å². The smallest absolute Gasteiger partial charge is 0.407 e. The van der Waals surface area contributed by atoms with E-state index in [1.54, 1.807) is 41.5 Å². The number of amides is 2. The highest BCUT2D eigenvalue weighted by atomic mass is 19.2. The Balaban J connectivity index is 2.08. The van der Waals surface area contributed by atoms with Crippen LogP contribution in [-0.4, -0.2) is 56.1 Å². The molecule has 196 valence electrons. The molecule has 1 unspecified atom stereocenters. The molecule has 2 aromatic rings. The molecule has 2 N–H and O–H groups in total. The summed E-state index contributed by atoms with van der Waals surface area (Å²) in [5, 5.41) is 16.2. The van der Waals surface area contributed by atoms with Crippen LogP contribution in [-0.2, 0) is 22.5 Å². The fraction of sp³-hybridized carbons (Fsp3) is 0.500. The summed E-state index contributed by atoms with van der Waals surface area (Å²) in [6.07, 6.45) is -1.20. The van der Waals surface area contributed by atoms with Crippen molar-refractivity contribution >= 4 is 18.1 Å². The number of nitrogens with one attached hydrogen (secondary N) is 1. The molecule has 0 radical (unpaired) electrons. The van der Waals surface area contributed by atoms with E-state index in [1.807, 2.05) is 0 Å². The van der Waals surface area contributed by atoms with Gasteiger partial charge in [0.2, 0.25) is 0 Å². The number of ether oxygens (including phenoxy) is 1. The molecule has 1 atom stereocenters. The van der Waals surface area contributed by atoms with Crippen LogP contribution in [0, 0.1) is 22.9 Å².